The lowest BCUT2D eigenvalue weighted by molar-refractivity contribution is -0.139. The van der Waals surface area contributed by atoms with Crippen LogP contribution in [0.3, 0.4) is 0 Å². The third-order valence-corrected chi connectivity index (χ3v) is 4.14. The molecular formula is C16H19BrN2O3. The molecule has 1 unspecified atom stereocenters. The average Bonchev–Trinajstić information content (AvgIpc) is 2.48. The van der Waals surface area contributed by atoms with Gasteiger partial charge in [0.05, 0.1) is 18.2 Å². The fourth-order valence-corrected chi connectivity index (χ4v) is 2.80. The van der Waals surface area contributed by atoms with Crippen LogP contribution in [-0.2, 0) is 9.53 Å². The zero-order valence-corrected chi connectivity index (χ0v) is 14.4. The Labute approximate surface area is 138 Å². The Kier molecular flexibility index (Phi) is 5.24. The summed E-state index contributed by atoms with van der Waals surface area (Å²) in [5, 5.41) is 2.89. The lowest BCUT2D eigenvalue weighted by atomic mass is 9.95. The van der Waals surface area contributed by atoms with Crippen molar-refractivity contribution in [3.8, 4) is 0 Å². The molecule has 0 spiro atoms. The molecule has 118 valence electrons. The van der Waals surface area contributed by atoms with Crippen molar-refractivity contribution < 1.29 is 14.3 Å². The van der Waals surface area contributed by atoms with Crippen LogP contribution in [0.25, 0.3) is 0 Å². The number of allylic oxidation sites excluding steroid dienone is 1. The highest BCUT2D eigenvalue weighted by molar-refractivity contribution is 9.10. The van der Waals surface area contributed by atoms with E-state index >= 15 is 0 Å². The Morgan fingerprint density at radius 2 is 1.95 bits per heavy atom. The summed E-state index contributed by atoms with van der Waals surface area (Å²) in [4.78, 5) is 26.1. The molecule has 0 radical (unpaired) electrons. The third kappa shape index (κ3) is 3.16. The van der Waals surface area contributed by atoms with E-state index in [4.69, 9.17) is 4.74 Å². The maximum absolute atomic E-state index is 12.4. The van der Waals surface area contributed by atoms with E-state index in [0.29, 0.717) is 24.4 Å². The molecule has 1 aliphatic rings. The summed E-state index contributed by atoms with van der Waals surface area (Å²) in [7, 11) is 0. The minimum atomic E-state index is -0.498. The van der Waals surface area contributed by atoms with Crippen LogP contribution >= 0.6 is 15.9 Å². The Hall–Kier alpha value is -1.82. The normalized spacial score (nSPS) is 18.3. The molecule has 22 heavy (non-hydrogen) atoms. The van der Waals surface area contributed by atoms with Gasteiger partial charge in [0, 0.05) is 16.7 Å². The van der Waals surface area contributed by atoms with E-state index in [1.807, 2.05) is 31.2 Å². The van der Waals surface area contributed by atoms with Crippen molar-refractivity contribution in [1.82, 2.24) is 10.2 Å². The quantitative estimate of drug-likeness (QED) is 0.831. The largest absolute Gasteiger partial charge is 0.463 e. The zero-order chi connectivity index (χ0) is 16.3. The number of esters is 1. The van der Waals surface area contributed by atoms with Gasteiger partial charge in [-0.05, 0) is 38.5 Å². The first kappa shape index (κ1) is 16.5. The minimum Gasteiger partial charge on any atom is -0.463 e. The van der Waals surface area contributed by atoms with Gasteiger partial charge in [0.25, 0.3) is 0 Å². The van der Waals surface area contributed by atoms with Crippen molar-refractivity contribution in [2.75, 3.05) is 13.2 Å². The van der Waals surface area contributed by atoms with Gasteiger partial charge >= 0.3 is 12.0 Å². The predicted octanol–water partition coefficient (Wildman–Crippen LogP) is 3.37. The number of benzene rings is 1. The molecule has 0 fully saturated rings. The van der Waals surface area contributed by atoms with Crippen molar-refractivity contribution in [2.24, 2.45) is 0 Å². The second-order valence-electron chi connectivity index (χ2n) is 4.90. The molecule has 2 amide bonds. The number of rotatable bonds is 4. The monoisotopic (exact) mass is 366 g/mol. The molecule has 1 aromatic carbocycles. The van der Waals surface area contributed by atoms with Crippen LogP contribution in [0.15, 0.2) is 40.0 Å². The van der Waals surface area contributed by atoms with Crippen molar-refractivity contribution in [1.29, 1.82) is 0 Å². The van der Waals surface area contributed by atoms with Gasteiger partial charge in [-0.25, -0.2) is 9.59 Å². The van der Waals surface area contributed by atoms with Gasteiger partial charge < -0.3 is 10.1 Å². The van der Waals surface area contributed by atoms with Gasteiger partial charge in [-0.1, -0.05) is 28.1 Å². The standard InChI is InChI=1S/C16H19BrN2O3/c1-4-19-10(3)13(15(20)22-5-2)14(18-16(19)21)11-6-8-12(17)9-7-11/h6-9,14H,4-5H2,1-3H3,(H,18,21). The van der Waals surface area contributed by atoms with Gasteiger partial charge in [-0.15, -0.1) is 0 Å². The Morgan fingerprint density at radius 1 is 1.32 bits per heavy atom. The van der Waals surface area contributed by atoms with E-state index in [1.165, 1.54) is 0 Å². The zero-order valence-electron chi connectivity index (χ0n) is 12.9. The molecule has 0 saturated heterocycles. The molecule has 0 bridgehead atoms. The van der Waals surface area contributed by atoms with E-state index in [0.717, 1.165) is 10.0 Å². The second kappa shape index (κ2) is 6.96. The summed E-state index contributed by atoms with van der Waals surface area (Å²) in [6.45, 7) is 6.20. The van der Waals surface area contributed by atoms with Gasteiger partial charge in [0.2, 0.25) is 0 Å². The number of ether oxygens (including phenoxy) is 1. The number of halogens is 1. The fourth-order valence-electron chi connectivity index (χ4n) is 2.54. The maximum atomic E-state index is 12.4. The number of amides is 2. The summed E-state index contributed by atoms with van der Waals surface area (Å²) in [6, 6.07) is 6.81. The molecule has 1 aromatic rings. The van der Waals surface area contributed by atoms with Crippen molar-refractivity contribution in [2.45, 2.75) is 26.8 Å². The lowest BCUT2D eigenvalue weighted by Gasteiger charge is -2.34. The highest BCUT2D eigenvalue weighted by atomic mass is 79.9. The Balaban J connectivity index is 2.50. The van der Waals surface area contributed by atoms with Gasteiger partial charge in [0.15, 0.2) is 0 Å². The first-order chi connectivity index (χ1) is 10.5. The van der Waals surface area contributed by atoms with E-state index in [9.17, 15) is 9.59 Å². The number of urea groups is 1. The van der Waals surface area contributed by atoms with Crippen LogP contribution in [0.5, 0.6) is 0 Å². The van der Waals surface area contributed by atoms with Gasteiger partial charge in [-0.3, -0.25) is 4.90 Å². The van der Waals surface area contributed by atoms with E-state index in [1.54, 1.807) is 18.7 Å². The Bertz CT molecular complexity index is 610. The molecule has 2 rings (SSSR count). The number of carbonyl (C=O) groups is 2. The summed E-state index contributed by atoms with van der Waals surface area (Å²) < 4.78 is 6.11. The summed E-state index contributed by atoms with van der Waals surface area (Å²) >= 11 is 3.38. The van der Waals surface area contributed by atoms with Crippen LogP contribution < -0.4 is 5.32 Å². The highest BCUT2D eigenvalue weighted by Crippen LogP contribution is 2.31. The summed E-state index contributed by atoms with van der Waals surface area (Å²) in [5.41, 5.74) is 1.96. The number of nitrogens with zero attached hydrogens (tertiary/aromatic N) is 1. The number of carbonyl (C=O) groups excluding carboxylic acids is 2. The van der Waals surface area contributed by atoms with E-state index in [-0.39, 0.29) is 6.03 Å². The van der Waals surface area contributed by atoms with E-state index in [2.05, 4.69) is 21.2 Å². The molecular weight excluding hydrogens is 348 g/mol. The minimum absolute atomic E-state index is 0.207. The van der Waals surface area contributed by atoms with Crippen LogP contribution in [0, 0.1) is 0 Å². The lowest BCUT2D eigenvalue weighted by Crippen LogP contribution is -2.47. The molecule has 1 aliphatic heterocycles. The van der Waals surface area contributed by atoms with Crippen molar-refractivity contribution in [3.63, 3.8) is 0 Å². The molecule has 1 N–H and O–H groups in total. The molecule has 0 aliphatic carbocycles. The fraction of sp³-hybridized carbons (Fsp3) is 0.375. The maximum Gasteiger partial charge on any atom is 0.338 e. The summed E-state index contributed by atoms with van der Waals surface area (Å²) in [5.74, 6) is -0.397. The van der Waals surface area contributed by atoms with Crippen LogP contribution in [-0.4, -0.2) is 30.1 Å². The number of hydrogen-bond acceptors (Lipinski definition) is 3. The Morgan fingerprint density at radius 3 is 2.50 bits per heavy atom. The van der Waals surface area contributed by atoms with E-state index < -0.39 is 12.0 Å². The molecule has 6 heteroatoms. The first-order valence-electron chi connectivity index (χ1n) is 7.21. The van der Waals surface area contributed by atoms with Crippen molar-refractivity contribution in [3.05, 3.63) is 45.6 Å². The molecule has 0 saturated carbocycles. The molecule has 5 nitrogen and oxygen atoms in total. The van der Waals surface area contributed by atoms with Crippen LogP contribution in [0.2, 0.25) is 0 Å². The van der Waals surface area contributed by atoms with Gasteiger partial charge in [-0.2, -0.15) is 0 Å². The smallest absolute Gasteiger partial charge is 0.338 e. The predicted molar refractivity (Wildman–Crippen MR) is 87.1 cm³/mol. The summed E-state index contributed by atoms with van der Waals surface area (Å²) in [6.07, 6.45) is 0. The van der Waals surface area contributed by atoms with Crippen LogP contribution in [0.4, 0.5) is 4.79 Å². The molecule has 1 heterocycles. The second-order valence-corrected chi connectivity index (χ2v) is 5.81. The topological polar surface area (TPSA) is 58.6 Å². The number of hydrogen-bond donors (Lipinski definition) is 1. The SMILES string of the molecule is CCOC(=O)C1=C(C)N(CC)C(=O)NC1c1ccc(Br)cc1. The van der Waals surface area contributed by atoms with Crippen molar-refractivity contribution >= 4 is 27.9 Å². The molecule has 1 atom stereocenters. The average molecular weight is 367 g/mol. The van der Waals surface area contributed by atoms with Gasteiger partial charge in [0.1, 0.15) is 0 Å². The third-order valence-electron chi connectivity index (χ3n) is 3.61. The molecule has 0 aromatic heterocycles. The van der Waals surface area contributed by atoms with Crippen LogP contribution in [0.1, 0.15) is 32.4 Å². The highest BCUT2D eigenvalue weighted by Gasteiger charge is 2.35. The first-order valence-corrected chi connectivity index (χ1v) is 8.00. The number of nitrogens with one attached hydrogen (secondary N) is 1.